The molecule has 0 aromatic rings. The topological polar surface area (TPSA) is 104 Å². The second-order valence-corrected chi connectivity index (χ2v) is 12.3. The lowest BCUT2D eigenvalue weighted by molar-refractivity contribution is -0.285. The molecule has 6 heteroatoms. The first-order chi connectivity index (χ1) is 16.3. The number of carbonyl (C=O) groups is 2. The van der Waals surface area contributed by atoms with Crippen LogP contribution in [0.1, 0.15) is 86.0 Å². The zero-order chi connectivity index (χ0) is 25.6. The third-order valence-electron chi connectivity index (χ3n) is 11.4. The number of hydrogen-bond donors (Lipinski definition) is 3. The van der Waals surface area contributed by atoms with Gasteiger partial charge in [0.25, 0.3) is 0 Å². The van der Waals surface area contributed by atoms with Gasteiger partial charge < -0.3 is 20.1 Å². The van der Waals surface area contributed by atoms with E-state index in [1.54, 1.807) is 19.9 Å². The molecule has 2 saturated carbocycles. The first-order valence-corrected chi connectivity index (χ1v) is 13.2. The molecule has 3 N–H and O–H groups in total. The van der Waals surface area contributed by atoms with Crippen molar-refractivity contribution in [2.45, 2.75) is 109 Å². The Hall–Kier alpha value is -1.76. The van der Waals surface area contributed by atoms with Gasteiger partial charge >= 0.3 is 5.97 Å². The Morgan fingerprint density at radius 3 is 2.51 bits per heavy atom. The molecule has 1 aliphatic heterocycles. The van der Waals surface area contributed by atoms with Crippen molar-refractivity contribution in [3.05, 3.63) is 34.9 Å². The first-order valence-electron chi connectivity index (χ1n) is 13.2. The Morgan fingerprint density at radius 1 is 1.14 bits per heavy atom. The van der Waals surface area contributed by atoms with Gasteiger partial charge in [0.15, 0.2) is 5.78 Å². The van der Waals surface area contributed by atoms with Crippen molar-refractivity contribution in [1.82, 2.24) is 0 Å². The SMILES string of the molecule is CC[C@]12CC[C@H]3[C@@H](CC=C4CC=CC(=O)[C@@]43C)[C@]1(O)CC[C@@]2(O)[C@@](C)(O)[C@H]1CC(C)=C(C)C(=O)O1. The number of fused-ring (bicyclic) bond motifs is 5. The van der Waals surface area contributed by atoms with Crippen LogP contribution in [0.4, 0.5) is 0 Å². The van der Waals surface area contributed by atoms with E-state index < -0.39 is 39.7 Å². The van der Waals surface area contributed by atoms with E-state index in [4.69, 9.17) is 4.74 Å². The Bertz CT molecular complexity index is 1070. The lowest BCUT2D eigenvalue weighted by Gasteiger charge is -2.64. The van der Waals surface area contributed by atoms with Gasteiger partial charge in [0.05, 0.1) is 11.0 Å². The first kappa shape index (κ1) is 24.9. The minimum Gasteiger partial charge on any atom is -0.455 e. The Balaban J connectivity index is 1.57. The molecule has 1 heterocycles. The number of allylic oxidation sites excluding steroid dienone is 4. The second kappa shape index (κ2) is 7.62. The summed E-state index contributed by atoms with van der Waals surface area (Å²) in [6, 6.07) is 0. The summed E-state index contributed by atoms with van der Waals surface area (Å²) >= 11 is 0. The van der Waals surface area contributed by atoms with Crippen LogP contribution >= 0.6 is 0 Å². The molecule has 6 nitrogen and oxygen atoms in total. The minimum absolute atomic E-state index is 0.0164. The van der Waals surface area contributed by atoms with E-state index >= 15 is 0 Å². The van der Waals surface area contributed by atoms with Crippen LogP contribution in [0.15, 0.2) is 34.9 Å². The fourth-order valence-electron chi connectivity index (χ4n) is 8.94. The van der Waals surface area contributed by atoms with Crippen molar-refractivity contribution in [3.8, 4) is 0 Å². The molecule has 0 spiro atoms. The van der Waals surface area contributed by atoms with Gasteiger partial charge in [-0.2, -0.15) is 0 Å². The van der Waals surface area contributed by atoms with Crippen molar-refractivity contribution in [2.75, 3.05) is 0 Å². The van der Waals surface area contributed by atoms with Crippen LogP contribution in [0, 0.1) is 22.7 Å². The van der Waals surface area contributed by atoms with Gasteiger partial charge in [0.2, 0.25) is 0 Å². The number of ether oxygens (including phenoxy) is 1. The van der Waals surface area contributed by atoms with Crippen LogP contribution in [0.5, 0.6) is 0 Å². The average Bonchev–Trinajstić information content (AvgIpc) is 3.07. The van der Waals surface area contributed by atoms with Crippen LogP contribution < -0.4 is 0 Å². The van der Waals surface area contributed by atoms with E-state index in [9.17, 15) is 24.9 Å². The highest BCUT2D eigenvalue weighted by atomic mass is 16.6. The Labute approximate surface area is 208 Å². The third kappa shape index (κ3) is 2.82. The Morgan fingerprint density at radius 2 is 1.86 bits per heavy atom. The molecule has 0 radical (unpaired) electrons. The van der Waals surface area contributed by atoms with E-state index in [1.807, 2.05) is 26.8 Å². The second-order valence-electron chi connectivity index (χ2n) is 12.3. The fraction of sp³-hybridized carbons (Fsp3) is 0.724. The van der Waals surface area contributed by atoms with Crippen molar-refractivity contribution in [3.63, 3.8) is 0 Å². The lowest BCUT2D eigenvalue weighted by Crippen LogP contribution is -2.72. The number of hydrogen-bond acceptors (Lipinski definition) is 6. The lowest BCUT2D eigenvalue weighted by atomic mass is 9.43. The molecule has 0 bridgehead atoms. The van der Waals surface area contributed by atoms with E-state index in [0.717, 1.165) is 17.6 Å². The van der Waals surface area contributed by atoms with E-state index in [0.29, 0.717) is 44.1 Å². The smallest absolute Gasteiger partial charge is 0.334 e. The standard InChI is InChI=1S/C29H40O6/c1-6-27-13-12-20-21(11-10-19-8-7-9-22(30)25(19,20)4)28(27,33)14-15-29(27,34)26(5,32)23-16-17(2)18(3)24(31)35-23/h7,9-10,20-21,23,32-34H,6,8,11-16H2,1-5H3/t20-,21+,23+,25-,26-,27-,28+,29+/m0/s1. The molecule has 2 fully saturated rings. The van der Waals surface area contributed by atoms with Crippen molar-refractivity contribution >= 4 is 11.8 Å². The van der Waals surface area contributed by atoms with Crippen LogP contribution in [0.2, 0.25) is 0 Å². The molecule has 4 aliphatic carbocycles. The van der Waals surface area contributed by atoms with Crippen molar-refractivity contribution in [2.24, 2.45) is 22.7 Å². The van der Waals surface area contributed by atoms with Gasteiger partial charge in [-0.05, 0) is 90.6 Å². The van der Waals surface area contributed by atoms with Crippen LogP contribution in [-0.2, 0) is 14.3 Å². The van der Waals surface area contributed by atoms with Crippen LogP contribution in [0.3, 0.4) is 0 Å². The van der Waals surface area contributed by atoms with E-state index in [-0.39, 0.29) is 24.0 Å². The number of ketones is 1. The highest BCUT2D eigenvalue weighted by Gasteiger charge is 2.77. The summed E-state index contributed by atoms with van der Waals surface area (Å²) in [5.74, 6) is -0.573. The van der Waals surface area contributed by atoms with Crippen molar-refractivity contribution < 1.29 is 29.6 Å². The summed E-state index contributed by atoms with van der Waals surface area (Å²) < 4.78 is 5.67. The summed E-state index contributed by atoms with van der Waals surface area (Å²) in [5, 5.41) is 37.0. The van der Waals surface area contributed by atoms with Gasteiger partial charge in [0.1, 0.15) is 17.3 Å². The van der Waals surface area contributed by atoms with Crippen LogP contribution in [-0.4, -0.2) is 50.0 Å². The summed E-state index contributed by atoms with van der Waals surface area (Å²) in [6.07, 6.45) is 8.86. The molecule has 8 atom stereocenters. The molecule has 0 aromatic carbocycles. The quantitative estimate of drug-likeness (QED) is 0.414. The zero-order valence-electron chi connectivity index (χ0n) is 21.7. The number of esters is 1. The van der Waals surface area contributed by atoms with E-state index in [1.165, 1.54) is 0 Å². The molecular weight excluding hydrogens is 444 g/mol. The maximum atomic E-state index is 13.2. The van der Waals surface area contributed by atoms with Gasteiger partial charge in [-0.3, -0.25) is 4.79 Å². The fourth-order valence-corrected chi connectivity index (χ4v) is 8.94. The molecule has 35 heavy (non-hydrogen) atoms. The van der Waals surface area contributed by atoms with Gasteiger partial charge in [-0.25, -0.2) is 4.79 Å². The maximum Gasteiger partial charge on any atom is 0.334 e. The molecule has 0 aromatic heterocycles. The highest BCUT2D eigenvalue weighted by molar-refractivity contribution is 5.98. The predicted molar refractivity (Wildman–Crippen MR) is 131 cm³/mol. The van der Waals surface area contributed by atoms with Crippen LogP contribution in [0.25, 0.3) is 0 Å². The number of cyclic esters (lactones) is 1. The van der Waals surface area contributed by atoms with E-state index in [2.05, 4.69) is 6.08 Å². The largest absolute Gasteiger partial charge is 0.455 e. The average molecular weight is 485 g/mol. The zero-order valence-corrected chi connectivity index (χ0v) is 21.7. The van der Waals surface area contributed by atoms with Gasteiger partial charge in [-0.1, -0.05) is 30.2 Å². The summed E-state index contributed by atoms with van der Waals surface area (Å²) in [5.41, 5.74) is -3.71. The van der Waals surface area contributed by atoms with Crippen molar-refractivity contribution in [1.29, 1.82) is 0 Å². The monoisotopic (exact) mass is 484 g/mol. The third-order valence-corrected chi connectivity index (χ3v) is 11.4. The molecule has 0 saturated heterocycles. The minimum atomic E-state index is -1.75. The maximum absolute atomic E-state index is 13.2. The summed E-state index contributed by atoms with van der Waals surface area (Å²) in [6.45, 7) is 9.15. The number of carbonyl (C=O) groups excluding carboxylic acids is 2. The highest BCUT2D eigenvalue weighted by Crippen LogP contribution is 2.71. The molecular formula is C29H40O6. The molecule has 192 valence electrons. The number of aliphatic hydroxyl groups is 3. The summed E-state index contributed by atoms with van der Waals surface area (Å²) in [4.78, 5) is 25.7. The molecule has 5 aliphatic rings. The Kier molecular flexibility index (Phi) is 5.43. The molecule has 0 amide bonds. The normalized spacial score (nSPS) is 46.9. The molecule has 0 unspecified atom stereocenters. The van der Waals surface area contributed by atoms with Gasteiger partial charge in [0, 0.05) is 17.4 Å². The van der Waals surface area contributed by atoms with Gasteiger partial charge in [-0.15, -0.1) is 0 Å². The molecule has 5 rings (SSSR count). The summed E-state index contributed by atoms with van der Waals surface area (Å²) in [7, 11) is 0. The number of rotatable bonds is 3. The predicted octanol–water partition coefficient (Wildman–Crippen LogP) is 3.93.